The molecule has 0 fully saturated rings. The molecular weight excluding hydrogens is 1620 g/mol. The van der Waals surface area contributed by atoms with E-state index in [9.17, 15) is 0 Å². The molecule has 0 nitrogen and oxygen atoms in total. The third kappa shape index (κ3) is 12.8. The van der Waals surface area contributed by atoms with Gasteiger partial charge in [0.2, 0.25) is 0 Å². The molecule has 0 unspecified atom stereocenters. The maximum absolute atomic E-state index is 2.41. The van der Waals surface area contributed by atoms with E-state index in [4.69, 9.17) is 0 Å². The Morgan fingerprint density at radius 1 is 0.111 bits per heavy atom. The highest BCUT2D eigenvalue weighted by Gasteiger charge is 2.36. The smallest absolute Gasteiger partial charge is 0.0159 e. The molecule has 0 heterocycles. The lowest BCUT2D eigenvalue weighted by atomic mass is 9.81. The van der Waals surface area contributed by atoms with E-state index in [2.05, 4.69) is 499 Å². The van der Waals surface area contributed by atoms with Gasteiger partial charge in [0.15, 0.2) is 0 Å². The Morgan fingerprint density at radius 3 is 0.763 bits per heavy atom. The molecule has 29 rings (SSSR count). The molecule has 0 aromatic heterocycles. The van der Waals surface area contributed by atoms with Crippen molar-refractivity contribution < 1.29 is 0 Å². The zero-order chi connectivity index (χ0) is 89.1. The summed E-state index contributed by atoms with van der Waals surface area (Å²) in [5.74, 6) is 0. The van der Waals surface area contributed by atoms with Crippen molar-refractivity contribution in [3.63, 3.8) is 0 Å². The minimum Gasteiger partial charge on any atom is -0.0619 e. The zero-order valence-corrected chi connectivity index (χ0v) is 74.7. The fourth-order valence-corrected chi connectivity index (χ4v) is 23.1. The Balaban J connectivity index is 0.000000103. The molecule has 0 amide bonds. The van der Waals surface area contributed by atoms with Crippen LogP contribution in [0.25, 0.3) is 275 Å². The maximum atomic E-state index is 2.41. The van der Waals surface area contributed by atoms with Crippen molar-refractivity contribution in [1.29, 1.82) is 0 Å². The number of hydrogen-bond acceptors (Lipinski definition) is 0. The van der Waals surface area contributed by atoms with Gasteiger partial charge in [-0.3, -0.25) is 0 Å². The lowest BCUT2D eigenvalue weighted by molar-refractivity contribution is 0.660. The fourth-order valence-electron chi connectivity index (χ4n) is 23.1. The van der Waals surface area contributed by atoms with Crippen LogP contribution in [0, 0.1) is 0 Å². The summed E-state index contributed by atoms with van der Waals surface area (Å²) in [7, 11) is 0. The van der Waals surface area contributed by atoms with Crippen LogP contribution in [0.5, 0.6) is 0 Å². The first-order valence-electron chi connectivity index (χ1n) is 47.2. The van der Waals surface area contributed by atoms with Gasteiger partial charge in [-0.15, -0.1) is 0 Å². The largest absolute Gasteiger partial charge is 0.0619 e. The topological polar surface area (TPSA) is 0 Å². The van der Waals surface area contributed by atoms with Crippen molar-refractivity contribution in [2.45, 2.75) is 19.3 Å². The lowest BCUT2D eigenvalue weighted by Gasteiger charge is -2.22. The normalized spacial score (nSPS) is 12.4. The second-order valence-electron chi connectivity index (χ2n) is 37.6. The lowest BCUT2D eigenvalue weighted by Crippen LogP contribution is -2.14. The first-order valence-corrected chi connectivity index (χ1v) is 47.2. The van der Waals surface area contributed by atoms with Crippen LogP contribution in [0.15, 0.2) is 485 Å². The van der Waals surface area contributed by atoms with Crippen LogP contribution in [0.1, 0.15) is 25.0 Å². The molecule has 0 spiro atoms. The molecule has 626 valence electrons. The summed E-state index contributed by atoms with van der Waals surface area (Å²) in [5.41, 5.74) is 44.2. The molecule has 25 aromatic carbocycles. The summed E-state index contributed by atoms with van der Waals surface area (Å²) < 4.78 is 0. The minimum atomic E-state index is 0.0000248. The first-order chi connectivity index (χ1) is 66.6. The van der Waals surface area contributed by atoms with Gasteiger partial charge in [0.1, 0.15) is 0 Å². The Hall–Kier alpha value is -17.2. The van der Waals surface area contributed by atoms with E-state index in [0.29, 0.717) is 0 Å². The third-order valence-electron chi connectivity index (χ3n) is 29.8. The maximum Gasteiger partial charge on any atom is 0.0159 e. The molecule has 25 aromatic rings. The SMILES string of the molecule is CC1(C)c2ccccc2-c2ccc(-c3ccc4cc(-c5cccc(-c6ccc7c8c(cccc68)-c6ccccc6-7)c5)ccc4c3)cc21.c1cc(-c2ccc3cc(-c4cc5ccccc5c5ccccc45)ccc3c2)cc(-c2ccc3c4c(cccc24)-c2ccccc2-3)c1.c1cc(-c2ccc3cc(-c4ccc5ccccc5c4)ccc3c2)cc(-c2ccc3c4c(cccc24)-c2ccccc2-3)c1. The number of fused-ring (bicyclic) bond motifs is 19. The summed E-state index contributed by atoms with van der Waals surface area (Å²) in [6.45, 7) is 4.70. The highest BCUT2D eigenvalue weighted by atomic mass is 14.4. The van der Waals surface area contributed by atoms with E-state index >= 15 is 0 Å². The van der Waals surface area contributed by atoms with E-state index in [1.807, 2.05) is 0 Å². The molecule has 0 radical (unpaired) electrons. The summed E-state index contributed by atoms with van der Waals surface area (Å²) in [4.78, 5) is 0. The van der Waals surface area contributed by atoms with E-state index in [1.165, 1.54) is 286 Å². The second kappa shape index (κ2) is 31.0. The summed E-state index contributed by atoms with van der Waals surface area (Å²) in [5, 5.41) is 23.3. The Morgan fingerprint density at radius 2 is 0.348 bits per heavy atom. The first kappa shape index (κ1) is 77.8. The van der Waals surface area contributed by atoms with Crippen LogP contribution in [-0.2, 0) is 5.41 Å². The quantitative estimate of drug-likeness (QED) is 0.126. The van der Waals surface area contributed by atoms with E-state index in [1.54, 1.807) is 0 Å². The van der Waals surface area contributed by atoms with E-state index in [-0.39, 0.29) is 5.41 Å². The molecular formula is C135H86. The fraction of sp³-hybridized carbons (Fsp3) is 0.0222. The summed E-state index contributed by atoms with van der Waals surface area (Å²) in [6, 6.07) is 180. The van der Waals surface area contributed by atoms with Gasteiger partial charge in [-0.25, -0.2) is 0 Å². The minimum absolute atomic E-state index is 0.0000248. The molecule has 135 heavy (non-hydrogen) atoms. The molecule has 0 atom stereocenters. The van der Waals surface area contributed by atoms with Crippen molar-refractivity contribution in [1.82, 2.24) is 0 Å². The van der Waals surface area contributed by atoms with E-state index < -0.39 is 0 Å². The molecule has 0 aliphatic heterocycles. The Bertz CT molecular complexity index is 9260. The van der Waals surface area contributed by atoms with Gasteiger partial charge in [0.25, 0.3) is 0 Å². The zero-order valence-electron chi connectivity index (χ0n) is 74.7. The van der Waals surface area contributed by atoms with Crippen molar-refractivity contribution in [2.24, 2.45) is 0 Å². The van der Waals surface area contributed by atoms with Crippen molar-refractivity contribution in [3.05, 3.63) is 496 Å². The van der Waals surface area contributed by atoms with Crippen molar-refractivity contribution >= 4 is 97.0 Å². The van der Waals surface area contributed by atoms with Crippen LogP contribution in [0.2, 0.25) is 0 Å². The predicted octanol–water partition coefficient (Wildman–Crippen LogP) is 37.7. The molecule has 0 saturated heterocycles. The van der Waals surface area contributed by atoms with Crippen molar-refractivity contribution in [2.75, 3.05) is 0 Å². The monoisotopic (exact) mass is 1710 g/mol. The molecule has 4 aliphatic rings. The van der Waals surface area contributed by atoms with Gasteiger partial charge >= 0.3 is 0 Å². The summed E-state index contributed by atoms with van der Waals surface area (Å²) in [6.07, 6.45) is 0. The highest BCUT2D eigenvalue weighted by Crippen LogP contribution is 2.55. The van der Waals surface area contributed by atoms with Gasteiger partial charge < -0.3 is 0 Å². The van der Waals surface area contributed by atoms with Gasteiger partial charge in [-0.05, 0) is 359 Å². The number of benzene rings is 25. The average molecular weight is 1710 g/mol. The molecule has 0 N–H and O–H groups in total. The van der Waals surface area contributed by atoms with Crippen LogP contribution in [-0.4, -0.2) is 0 Å². The van der Waals surface area contributed by atoms with Gasteiger partial charge in [0.05, 0.1) is 0 Å². The Labute approximate surface area is 785 Å². The van der Waals surface area contributed by atoms with Crippen molar-refractivity contribution in [3.8, 4) is 178 Å². The third-order valence-corrected chi connectivity index (χ3v) is 29.8. The molecule has 0 saturated carbocycles. The standard InChI is InChI=1S/C47H32.C46H28.C42H26/c1-47(2)44-16-6-5-13-39(44)40-22-21-34(28-45(40)47)33-20-19-31-25-30(17-18-32(31)26-33)29-9-7-10-35(27-29)36-23-24-43-38-12-4-3-11-37(38)42-15-8-14-41(36)46(42)43;1-2-12-36-34(9-1)28-45(41-16-6-3-13-38(36)41)35-22-21-31-25-30(19-20-32(31)27-35)29-10-7-11-33(26-29)37-23-24-44-40-15-5-4-14-39(40)43-18-8-17-42(37)46(43)44;1-2-8-28-23-31(16-15-27(28)7-1)33-20-19-32-24-30(17-18-34(32)25-33)29-9-5-10-35(26-29)36-21-22-41-38-12-4-3-11-37(38)40-14-6-13-39(36)42(40)41/h3-28H,1-2H3;1-28H;1-26H. The van der Waals surface area contributed by atoms with E-state index in [0.717, 1.165) is 0 Å². The molecule has 0 bridgehead atoms. The van der Waals surface area contributed by atoms with Gasteiger partial charge in [0, 0.05) is 5.41 Å². The Kier molecular flexibility index (Phi) is 17.9. The van der Waals surface area contributed by atoms with Gasteiger partial charge in [-0.1, -0.05) is 426 Å². The summed E-state index contributed by atoms with van der Waals surface area (Å²) >= 11 is 0. The number of rotatable bonds is 9. The van der Waals surface area contributed by atoms with Crippen LogP contribution < -0.4 is 0 Å². The molecule has 0 heteroatoms. The second-order valence-corrected chi connectivity index (χ2v) is 37.6. The molecule has 4 aliphatic carbocycles. The average Bonchev–Trinajstić information content (AvgIpc) is 1.59. The predicted molar refractivity (Wildman–Crippen MR) is 577 cm³/mol. The van der Waals surface area contributed by atoms with Gasteiger partial charge in [-0.2, -0.15) is 0 Å². The van der Waals surface area contributed by atoms with Crippen LogP contribution in [0.4, 0.5) is 0 Å². The van der Waals surface area contributed by atoms with Crippen LogP contribution >= 0.6 is 0 Å². The van der Waals surface area contributed by atoms with Crippen LogP contribution in [0.3, 0.4) is 0 Å². The number of hydrogen-bond donors (Lipinski definition) is 0. The highest BCUT2D eigenvalue weighted by molar-refractivity contribution is 6.22.